The minimum absolute atomic E-state index is 0. The normalized spacial score (nSPS) is 6.44. The van der Waals surface area contributed by atoms with Crippen molar-refractivity contribution in [3.8, 4) is 0 Å². The largest absolute Gasteiger partial charge is 1.00 e. The molecule has 0 aliphatic heterocycles. The number of ether oxygens (including phenoxy) is 1. The van der Waals surface area contributed by atoms with Crippen LogP contribution in [-0.2, 0) is 9.53 Å². The molecule has 0 fully saturated rings. The molecule has 4 heteroatoms. The number of carbonyl (C=O) groups excluding carboxylic acids is 1. The summed E-state index contributed by atoms with van der Waals surface area (Å²) >= 11 is 0. The minimum atomic E-state index is -0.193. The molecule has 0 unspecified atom stereocenters. The van der Waals surface area contributed by atoms with E-state index in [1.807, 2.05) is 6.92 Å². The van der Waals surface area contributed by atoms with Crippen LogP contribution in [-0.4, -0.2) is 18.1 Å². The van der Waals surface area contributed by atoms with E-state index in [1.165, 1.54) is 6.92 Å². The summed E-state index contributed by atoms with van der Waals surface area (Å²) in [5.74, 6) is -0.193. The summed E-state index contributed by atoms with van der Waals surface area (Å²) in [5, 5.41) is 0. The zero-order valence-corrected chi connectivity index (χ0v) is 8.18. The molecule has 3 nitrogen and oxygen atoms in total. The molecule has 0 amide bonds. The van der Waals surface area contributed by atoms with E-state index in [2.05, 4.69) is 4.74 Å². The summed E-state index contributed by atoms with van der Waals surface area (Å²) in [6, 6.07) is 0. The Kier molecular flexibility index (Phi) is 20.3. The third kappa shape index (κ3) is 17.8. The Labute approximate surface area is 77.4 Å². The quantitative estimate of drug-likeness (QED) is 0.324. The van der Waals surface area contributed by atoms with Crippen LogP contribution in [0, 0.1) is 0 Å². The topological polar surface area (TPSA) is 56.3 Å². The summed E-state index contributed by atoms with van der Waals surface area (Å²) in [6.45, 7) is 3.92. The Morgan fingerprint density at radius 1 is 1.56 bits per heavy atom. The molecular weight excluding hydrogens is 131 g/mol. The molecule has 0 radical (unpaired) electrons. The van der Waals surface area contributed by atoms with Crippen LogP contribution in [0.25, 0.3) is 0 Å². The Balaban J connectivity index is -0.000000180. The second kappa shape index (κ2) is 11.3. The Hall–Kier alpha value is 0.430. The SMILES string of the molecule is CCCOC(C)=O.[Na+].[OH-]. The molecule has 9 heavy (non-hydrogen) atoms. The summed E-state index contributed by atoms with van der Waals surface area (Å²) in [6.07, 6.45) is 0.902. The average Bonchev–Trinajstić information content (AvgIpc) is 1.61. The van der Waals surface area contributed by atoms with Gasteiger partial charge >= 0.3 is 35.5 Å². The number of carbonyl (C=O) groups is 1. The van der Waals surface area contributed by atoms with E-state index in [4.69, 9.17) is 0 Å². The van der Waals surface area contributed by atoms with Gasteiger partial charge < -0.3 is 10.2 Å². The standard InChI is InChI=1S/C5H10O2.Na.H2O/c1-3-4-7-5(2)6;;/h3-4H2,1-2H3;;1H2/q;+1;/p-1. The van der Waals surface area contributed by atoms with Gasteiger partial charge in [0.15, 0.2) is 0 Å². The van der Waals surface area contributed by atoms with Crippen molar-refractivity contribution in [2.24, 2.45) is 0 Å². The van der Waals surface area contributed by atoms with Crippen molar-refractivity contribution < 1.29 is 44.6 Å². The third-order valence-corrected chi connectivity index (χ3v) is 0.509. The molecule has 0 saturated heterocycles. The van der Waals surface area contributed by atoms with Gasteiger partial charge in [0.25, 0.3) is 0 Å². The van der Waals surface area contributed by atoms with Gasteiger partial charge in [-0.2, -0.15) is 0 Å². The first-order chi connectivity index (χ1) is 3.27. The molecular formula is C5H11NaO3. The van der Waals surface area contributed by atoms with Gasteiger partial charge in [0.1, 0.15) is 0 Å². The van der Waals surface area contributed by atoms with Gasteiger partial charge in [0, 0.05) is 6.92 Å². The number of rotatable bonds is 2. The Morgan fingerprint density at radius 2 is 2.00 bits per heavy atom. The minimum Gasteiger partial charge on any atom is -0.870 e. The zero-order valence-electron chi connectivity index (χ0n) is 6.18. The van der Waals surface area contributed by atoms with E-state index in [0.717, 1.165) is 6.42 Å². The number of esters is 1. The van der Waals surface area contributed by atoms with Gasteiger partial charge in [-0.1, -0.05) is 6.92 Å². The molecule has 1 N–H and O–H groups in total. The molecule has 0 aliphatic carbocycles. The predicted octanol–water partition coefficient (Wildman–Crippen LogP) is -2.21. The second-order valence-electron chi connectivity index (χ2n) is 1.34. The Bertz CT molecular complexity index is 65.2. The molecule has 0 rings (SSSR count). The first-order valence-electron chi connectivity index (χ1n) is 2.40. The first-order valence-corrected chi connectivity index (χ1v) is 2.40. The van der Waals surface area contributed by atoms with Gasteiger partial charge in [-0.15, -0.1) is 0 Å². The molecule has 0 aromatic carbocycles. The monoisotopic (exact) mass is 142 g/mol. The number of hydrogen-bond donors (Lipinski definition) is 0. The van der Waals surface area contributed by atoms with E-state index in [0.29, 0.717) is 6.61 Å². The van der Waals surface area contributed by atoms with E-state index in [9.17, 15) is 4.79 Å². The van der Waals surface area contributed by atoms with Crippen molar-refractivity contribution in [2.75, 3.05) is 6.61 Å². The van der Waals surface area contributed by atoms with Crippen LogP contribution in [0.4, 0.5) is 0 Å². The van der Waals surface area contributed by atoms with Crippen molar-refractivity contribution in [1.82, 2.24) is 0 Å². The zero-order chi connectivity index (χ0) is 5.70. The van der Waals surface area contributed by atoms with Crippen LogP contribution in [0.2, 0.25) is 0 Å². The van der Waals surface area contributed by atoms with Crippen LogP contribution in [0.3, 0.4) is 0 Å². The van der Waals surface area contributed by atoms with Gasteiger partial charge in [-0.3, -0.25) is 4.79 Å². The summed E-state index contributed by atoms with van der Waals surface area (Å²) in [5.41, 5.74) is 0. The smallest absolute Gasteiger partial charge is 0.870 e. The molecule has 0 spiro atoms. The van der Waals surface area contributed by atoms with E-state index in [-0.39, 0.29) is 41.0 Å². The molecule has 50 valence electrons. The molecule has 0 aromatic heterocycles. The van der Waals surface area contributed by atoms with Crippen molar-refractivity contribution in [3.63, 3.8) is 0 Å². The maximum absolute atomic E-state index is 9.98. The summed E-state index contributed by atoms with van der Waals surface area (Å²) < 4.78 is 4.55. The van der Waals surface area contributed by atoms with Crippen LogP contribution in [0.5, 0.6) is 0 Å². The van der Waals surface area contributed by atoms with Crippen LogP contribution in [0.15, 0.2) is 0 Å². The molecule has 0 atom stereocenters. The van der Waals surface area contributed by atoms with E-state index >= 15 is 0 Å². The van der Waals surface area contributed by atoms with Crippen LogP contribution >= 0.6 is 0 Å². The molecule has 0 heterocycles. The summed E-state index contributed by atoms with van der Waals surface area (Å²) in [7, 11) is 0. The van der Waals surface area contributed by atoms with Crippen LogP contribution < -0.4 is 29.6 Å². The molecule has 0 aromatic rings. The molecule has 0 saturated carbocycles. The van der Waals surface area contributed by atoms with Gasteiger partial charge in [-0.05, 0) is 6.42 Å². The van der Waals surface area contributed by atoms with E-state index < -0.39 is 0 Å². The fraction of sp³-hybridized carbons (Fsp3) is 0.800. The Morgan fingerprint density at radius 3 is 2.11 bits per heavy atom. The fourth-order valence-electron chi connectivity index (χ4n) is 0.246. The first kappa shape index (κ1) is 16.2. The number of hydrogen-bond acceptors (Lipinski definition) is 3. The van der Waals surface area contributed by atoms with Gasteiger partial charge in [0.05, 0.1) is 6.61 Å². The van der Waals surface area contributed by atoms with Crippen molar-refractivity contribution in [2.45, 2.75) is 20.3 Å². The summed E-state index contributed by atoms with van der Waals surface area (Å²) in [4.78, 5) is 9.98. The van der Waals surface area contributed by atoms with Gasteiger partial charge in [0.2, 0.25) is 0 Å². The maximum Gasteiger partial charge on any atom is 1.00 e. The second-order valence-corrected chi connectivity index (χ2v) is 1.34. The molecule has 0 aliphatic rings. The average molecular weight is 142 g/mol. The molecule has 0 bridgehead atoms. The predicted molar refractivity (Wildman–Crippen MR) is 28.9 cm³/mol. The van der Waals surface area contributed by atoms with Crippen molar-refractivity contribution in [3.05, 3.63) is 0 Å². The maximum atomic E-state index is 9.98. The van der Waals surface area contributed by atoms with Gasteiger partial charge in [-0.25, -0.2) is 0 Å². The third-order valence-electron chi connectivity index (χ3n) is 0.509. The van der Waals surface area contributed by atoms with Crippen molar-refractivity contribution in [1.29, 1.82) is 0 Å². The van der Waals surface area contributed by atoms with Crippen molar-refractivity contribution >= 4 is 5.97 Å². The van der Waals surface area contributed by atoms with Crippen LogP contribution in [0.1, 0.15) is 20.3 Å². The fourth-order valence-corrected chi connectivity index (χ4v) is 0.246. The van der Waals surface area contributed by atoms with E-state index in [1.54, 1.807) is 0 Å².